The van der Waals surface area contributed by atoms with Gasteiger partial charge in [-0.05, 0) is 17.7 Å². The van der Waals surface area contributed by atoms with Gasteiger partial charge in [-0.25, -0.2) is 4.39 Å². The van der Waals surface area contributed by atoms with Gasteiger partial charge in [0.15, 0.2) is 0 Å². The van der Waals surface area contributed by atoms with E-state index < -0.39 is 0 Å². The first-order valence-electron chi connectivity index (χ1n) is 4.72. The fraction of sp³-hybridized carbons (Fsp3) is 0.400. The normalized spacial score (nSPS) is 12.7. The summed E-state index contributed by atoms with van der Waals surface area (Å²) in [6, 6.07) is 6.28. The summed E-state index contributed by atoms with van der Waals surface area (Å²) in [6.07, 6.45) is 0. The zero-order chi connectivity index (χ0) is 11.1. The van der Waals surface area contributed by atoms with Crippen molar-refractivity contribution in [1.82, 2.24) is 10.6 Å². The van der Waals surface area contributed by atoms with Gasteiger partial charge in [0.25, 0.3) is 0 Å². The second-order valence-corrected chi connectivity index (χ2v) is 3.60. The summed E-state index contributed by atoms with van der Waals surface area (Å²) in [5.74, 6) is -0.237. The van der Waals surface area contributed by atoms with E-state index in [9.17, 15) is 4.39 Å². The van der Waals surface area contributed by atoms with Gasteiger partial charge in [-0.1, -0.05) is 12.1 Å². The molecule has 1 atom stereocenters. The SMILES string of the molecule is OCCNC(S)NCc1ccc(F)cc1. The molecule has 1 rings (SSSR count). The lowest BCUT2D eigenvalue weighted by molar-refractivity contribution is 0.288. The molecule has 0 saturated heterocycles. The van der Waals surface area contributed by atoms with Gasteiger partial charge in [0.1, 0.15) is 11.3 Å². The van der Waals surface area contributed by atoms with E-state index in [1.807, 2.05) is 0 Å². The first-order chi connectivity index (χ1) is 7.22. The predicted molar refractivity (Wildman–Crippen MR) is 61.1 cm³/mol. The number of hydrogen-bond acceptors (Lipinski definition) is 4. The van der Waals surface area contributed by atoms with E-state index in [2.05, 4.69) is 23.3 Å². The first kappa shape index (κ1) is 12.4. The molecule has 1 unspecified atom stereocenters. The lowest BCUT2D eigenvalue weighted by Gasteiger charge is -2.13. The van der Waals surface area contributed by atoms with Crippen LogP contribution < -0.4 is 10.6 Å². The van der Waals surface area contributed by atoms with Gasteiger partial charge in [0.05, 0.1) is 6.61 Å². The summed E-state index contributed by atoms with van der Waals surface area (Å²) in [6.45, 7) is 1.17. The molecule has 0 radical (unpaired) electrons. The van der Waals surface area contributed by atoms with Crippen molar-refractivity contribution >= 4 is 12.6 Å². The maximum absolute atomic E-state index is 12.6. The fourth-order valence-corrected chi connectivity index (χ4v) is 1.31. The lowest BCUT2D eigenvalue weighted by atomic mass is 10.2. The Hall–Kier alpha value is -0.620. The molecule has 0 amide bonds. The molecule has 0 fully saturated rings. The Morgan fingerprint density at radius 3 is 2.53 bits per heavy atom. The van der Waals surface area contributed by atoms with Crippen LogP contribution in [0.4, 0.5) is 4.39 Å². The predicted octanol–water partition coefficient (Wildman–Crippen LogP) is 0.711. The Morgan fingerprint density at radius 2 is 1.93 bits per heavy atom. The van der Waals surface area contributed by atoms with Crippen molar-refractivity contribution in [3.63, 3.8) is 0 Å². The standard InChI is InChI=1S/C10H15FN2OS/c11-9-3-1-8(2-4-9)7-13-10(15)12-5-6-14/h1-4,10,12-15H,5-7H2. The minimum atomic E-state index is -0.237. The Kier molecular flexibility index (Phi) is 5.63. The molecule has 3 nitrogen and oxygen atoms in total. The molecule has 3 N–H and O–H groups in total. The zero-order valence-corrected chi connectivity index (χ0v) is 9.17. The molecule has 0 aliphatic carbocycles. The molecule has 0 aliphatic heterocycles. The van der Waals surface area contributed by atoms with Crippen molar-refractivity contribution < 1.29 is 9.50 Å². The van der Waals surface area contributed by atoms with Gasteiger partial charge < -0.3 is 5.11 Å². The highest BCUT2D eigenvalue weighted by atomic mass is 32.1. The largest absolute Gasteiger partial charge is 0.395 e. The number of thiol groups is 1. The molecule has 0 aromatic heterocycles. The van der Waals surface area contributed by atoms with E-state index in [0.717, 1.165) is 5.56 Å². The molecule has 15 heavy (non-hydrogen) atoms. The fourth-order valence-electron chi connectivity index (χ4n) is 1.09. The highest BCUT2D eigenvalue weighted by molar-refractivity contribution is 7.80. The van der Waals surface area contributed by atoms with Gasteiger partial charge >= 0.3 is 0 Å². The molecule has 0 heterocycles. The van der Waals surface area contributed by atoms with Crippen molar-refractivity contribution in [2.45, 2.75) is 12.0 Å². The van der Waals surface area contributed by atoms with Gasteiger partial charge in [-0.3, -0.25) is 10.6 Å². The van der Waals surface area contributed by atoms with Crippen LogP contribution in [0.15, 0.2) is 24.3 Å². The molecule has 1 aromatic rings. The van der Waals surface area contributed by atoms with Crippen LogP contribution in [0.2, 0.25) is 0 Å². The summed E-state index contributed by atoms with van der Waals surface area (Å²) < 4.78 is 12.6. The smallest absolute Gasteiger partial charge is 0.123 e. The third-order valence-corrected chi connectivity index (χ3v) is 2.23. The number of benzene rings is 1. The van der Waals surface area contributed by atoms with Gasteiger partial charge in [0, 0.05) is 13.1 Å². The number of aliphatic hydroxyl groups excluding tert-OH is 1. The first-order valence-corrected chi connectivity index (χ1v) is 5.24. The molecule has 0 spiro atoms. The quantitative estimate of drug-likeness (QED) is 0.430. The molecule has 1 aromatic carbocycles. The van der Waals surface area contributed by atoms with E-state index in [1.54, 1.807) is 12.1 Å². The highest BCUT2D eigenvalue weighted by Gasteiger charge is 2.00. The van der Waals surface area contributed by atoms with Crippen molar-refractivity contribution in [3.05, 3.63) is 35.6 Å². The van der Waals surface area contributed by atoms with Gasteiger partial charge in [0.2, 0.25) is 0 Å². The van der Waals surface area contributed by atoms with E-state index in [-0.39, 0.29) is 17.9 Å². The Morgan fingerprint density at radius 1 is 1.27 bits per heavy atom. The van der Waals surface area contributed by atoms with E-state index in [4.69, 9.17) is 5.11 Å². The van der Waals surface area contributed by atoms with E-state index in [0.29, 0.717) is 13.1 Å². The van der Waals surface area contributed by atoms with Crippen LogP contribution in [0.5, 0.6) is 0 Å². The zero-order valence-electron chi connectivity index (χ0n) is 8.28. The third kappa shape index (κ3) is 5.13. The average Bonchev–Trinajstić information content (AvgIpc) is 2.25. The van der Waals surface area contributed by atoms with Gasteiger partial charge in [-0.2, -0.15) is 0 Å². The van der Waals surface area contributed by atoms with Crippen molar-refractivity contribution in [1.29, 1.82) is 0 Å². The van der Waals surface area contributed by atoms with Crippen LogP contribution >= 0.6 is 12.6 Å². The maximum atomic E-state index is 12.6. The molecule has 0 bridgehead atoms. The summed E-state index contributed by atoms with van der Waals surface area (Å²) in [4.78, 5) is 0. The number of halogens is 1. The summed E-state index contributed by atoms with van der Waals surface area (Å²) in [5.41, 5.74) is 0.809. The number of nitrogens with one attached hydrogen (secondary N) is 2. The van der Waals surface area contributed by atoms with Crippen molar-refractivity contribution in [2.24, 2.45) is 0 Å². The maximum Gasteiger partial charge on any atom is 0.123 e. The number of rotatable bonds is 6. The molecule has 84 valence electrons. The van der Waals surface area contributed by atoms with Crippen LogP contribution in [0.1, 0.15) is 5.56 Å². The minimum Gasteiger partial charge on any atom is -0.395 e. The van der Waals surface area contributed by atoms with Crippen LogP contribution in [0.3, 0.4) is 0 Å². The van der Waals surface area contributed by atoms with Crippen LogP contribution in [-0.2, 0) is 6.54 Å². The molecule has 5 heteroatoms. The summed E-state index contributed by atoms with van der Waals surface area (Å²) in [7, 11) is 0. The molecular formula is C10H15FN2OS. The highest BCUT2D eigenvalue weighted by Crippen LogP contribution is 2.02. The number of aliphatic hydroxyl groups is 1. The van der Waals surface area contributed by atoms with Crippen molar-refractivity contribution in [3.8, 4) is 0 Å². The monoisotopic (exact) mass is 230 g/mol. The third-order valence-electron chi connectivity index (χ3n) is 1.86. The lowest BCUT2D eigenvalue weighted by Crippen LogP contribution is -2.38. The van der Waals surface area contributed by atoms with Gasteiger partial charge in [-0.15, -0.1) is 12.6 Å². The van der Waals surface area contributed by atoms with Crippen molar-refractivity contribution in [2.75, 3.05) is 13.2 Å². The van der Waals surface area contributed by atoms with Crippen LogP contribution in [-0.4, -0.2) is 23.8 Å². The Bertz CT molecular complexity index is 281. The van der Waals surface area contributed by atoms with E-state index in [1.165, 1.54) is 12.1 Å². The van der Waals surface area contributed by atoms with Crippen LogP contribution in [0.25, 0.3) is 0 Å². The average molecular weight is 230 g/mol. The topological polar surface area (TPSA) is 44.3 Å². The summed E-state index contributed by atoms with van der Waals surface area (Å²) >= 11 is 4.21. The summed E-state index contributed by atoms with van der Waals surface area (Å²) in [5, 5.41) is 14.6. The van der Waals surface area contributed by atoms with E-state index >= 15 is 0 Å². The number of hydrogen-bond donors (Lipinski definition) is 4. The second-order valence-electron chi connectivity index (χ2n) is 3.09. The Labute approximate surface area is 94.1 Å². The Balaban J connectivity index is 2.27. The molecule has 0 aliphatic rings. The second kappa shape index (κ2) is 6.79. The minimum absolute atomic E-state index is 0.0787. The molecular weight excluding hydrogens is 215 g/mol. The van der Waals surface area contributed by atoms with Crippen LogP contribution in [0, 0.1) is 5.82 Å². The molecule has 0 saturated carbocycles.